The summed E-state index contributed by atoms with van der Waals surface area (Å²) in [6.45, 7) is 5.29. The van der Waals surface area contributed by atoms with Crippen LogP contribution in [-0.4, -0.2) is 51.5 Å². The SMILES string of the molecule is CS(=O)(=O)CCc1ccc(CN2CCNCC2)cc1. The molecule has 1 fully saturated rings. The van der Waals surface area contributed by atoms with Gasteiger partial charge in [0.2, 0.25) is 0 Å². The first-order valence-electron chi connectivity index (χ1n) is 6.71. The lowest BCUT2D eigenvalue weighted by atomic mass is 10.1. The van der Waals surface area contributed by atoms with Crippen LogP contribution in [0.4, 0.5) is 0 Å². The highest BCUT2D eigenvalue weighted by Crippen LogP contribution is 2.09. The van der Waals surface area contributed by atoms with Gasteiger partial charge in [0.1, 0.15) is 9.84 Å². The van der Waals surface area contributed by atoms with Crippen molar-refractivity contribution >= 4 is 9.84 Å². The summed E-state index contributed by atoms with van der Waals surface area (Å²) in [6, 6.07) is 8.31. The van der Waals surface area contributed by atoms with Crippen LogP contribution in [0.25, 0.3) is 0 Å². The molecule has 0 unspecified atom stereocenters. The van der Waals surface area contributed by atoms with E-state index < -0.39 is 9.84 Å². The van der Waals surface area contributed by atoms with Gasteiger partial charge in [-0.3, -0.25) is 4.90 Å². The molecule has 1 aliphatic heterocycles. The first-order chi connectivity index (χ1) is 9.03. The van der Waals surface area contributed by atoms with Crippen LogP contribution in [0.2, 0.25) is 0 Å². The molecule has 1 aliphatic rings. The first-order valence-corrected chi connectivity index (χ1v) is 8.78. The van der Waals surface area contributed by atoms with E-state index in [0.717, 1.165) is 38.3 Å². The monoisotopic (exact) mass is 282 g/mol. The molecule has 1 aromatic carbocycles. The predicted molar refractivity (Wildman–Crippen MR) is 78.0 cm³/mol. The van der Waals surface area contributed by atoms with Crippen LogP contribution < -0.4 is 5.32 Å². The summed E-state index contributed by atoms with van der Waals surface area (Å²) in [5.41, 5.74) is 2.39. The molecule has 0 bridgehead atoms. The Bertz CT molecular complexity index is 491. The Labute approximate surface area is 115 Å². The number of hydrogen-bond donors (Lipinski definition) is 1. The molecule has 106 valence electrons. The highest BCUT2D eigenvalue weighted by atomic mass is 32.2. The Kier molecular flexibility index (Phi) is 4.96. The molecular formula is C14H22N2O2S. The van der Waals surface area contributed by atoms with Gasteiger partial charge in [-0.1, -0.05) is 24.3 Å². The van der Waals surface area contributed by atoms with Gasteiger partial charge < -0.3 is 5.32 Å². The average Bonchev–Trinajstić information content (AvgIpc) is 2.38. The summed E-state index contributed by atoms with van der Waals surface area (Å²) in [6.07, 6.45) is 1.89. The van der Waals surface area contributed by atoms with Crippen LogP contribution in [0.15, 0.2) is 24.3 Å². The van der Waals surface area contributed by atoms with Gasteiger partial charge in [0.15, 0.2) is 0 Å². The quantitative estimate of drug-likeness (QED) is 0.863. The zero-order valence-electron chi connectivity index (χ0n) is 11.4. The van der Waals surface area contributed by atoms with Gasteiger partial charge in [0.05, 0.1) is 5.75 Å². The number of rotatable bonds is 5. The molecule has 0 aliphatic carbocycles. The highest BCUT2D eigenvalue weighted by Gasteiger charge is 2.09. The smallest absolute Gasteiger partial charge is 0.147 e. The highest BCUT2D eigenvalue weighted by molar-refractivity contribution is 7.90. The predicted octanol–water partition coefficient (Wildman–Crippen LogP) is 0.679. The third-order valence-corrected chi connectivity index (χ3v) is 4.35. The summed E-state index contributed by atoms with van der Waals surface area (Å²) in [5, 5.41) is 3.34. The number of piperazine rings is 1. The molecule has 0 radical (unpaired) electrons. The minimum absolute atomic E-state index is 0.226. The second kappa shape index (κ2) is 6.50. The first kappa shape index (κ1) is 14.5. The zero-order chi connectivity index (χ0) is 13.7. The molecule has 1 N–H and O–H groups in total. The molecule has 0 spiro atoms. The summed E-state index contributed by atoms with van der Waals surface area (Å²) >= 11 is 0. The van der Waals surface area contributed by atoms with Crippen LogP contribution >= 0.6 is 0 Å². The Balaban J connectivity index is 1.87. The molecular weight excluding hydrogens is 260 g/mol. The maximum Gasteiger partial charge on any atom is 0.147 e. The number of sulfone groups is 1. The molecule has 1 aromatic rings. The van der Waals surface area contributed by atoms with Gasteiger partial charge >= 0.3 is 0 Å². The topological polar surface area (TPSA) is 49.4 Å². The van der Waals surface area contributed by atoms with Crippen LogP contribution in [0.3, 0.4) is 0 Å². The van der Waals surface area contributed by atoms with Crippen molar-refractivity contribution in [2.75, 3.05) is 38.2 Å². The summed E-state index contributed by atoms with van der Waals surface area (Å²) in [7, 11) is -2.87. The van der Waals surface area contributed by atoms with Crippen molar-refractivity contribution in [3.05, 3.63) is 35.4 Å². The number of benzene rings is 1. The van der Waals surface area contributed by atoms with Crippen molar-refractivity contribution in [3.8, 4) is 0 Å². The molecule has 2 rings (SSSR count). The second-order valence-corrected chi connectivity index (χ2v) is 7.48. The van der Waals surface area contributed by atoms with E-state index in [0.29, 0.717) is 6.42 Å². The van der Waals surface area contributed by atoms with Crippen LogP contribution in [-0.2, 0) is 22.8 Å². The fourth-order valence-corrected chi connectivity index (χ4v) is 2.85. The van der Waals surface area contributed by atoms with E-state index in [-0.39, 0.29) is 5.75 Å². The molecule has 0 saturated carbocycles. The lowest BCUT2D eigenvalue weighted by Gasteiger charge is -2.27. The van der Waals surface area contributed by atoms with Gasteiger partial charge in [-0.2, -0.15) is 0 Å². The van der Waals surface area contributed by atoms with E-state index in [2.05, 4.69) is 22.3 Å². The van der Waals surface area contributed by atoms with Gasteiger partial charge in [-0.05, 0) is 17.5 Å². The lowest BCUT2D eigenvalue weighted by molar-refractivity contribution is 0.233. The molecule has 1 heterocycles. The largest absolute Gasteiger partial charge is 0.314 e. The zero-order valence-corrected chi connectivity index (χ0v) is 12.2. The van der Waals surface area contributed by atoms with Gasteiger partial charge in [-0.15, -0.1) is 0 Å². The van der Waals surface area contributed by atoms with Crippen molar-refractivity contribution in [3.63, 3.8) is 0 Å². The second-order valence-electron chi connectivity index (χ2n) is 5.22. The van der Waals surface area contributed by atoms with Crippen molar-refractivity contribution in [2.45, 2.75) is 13.0 Å². The minimum Gasteiger partial charge on any atom is -0.314 e. The van der Waals surface area contributed by atoms with Crippen LogP contribution in [0, 0.1) is 0 Å². The Morgan fingerprint density at radius 2 is 1.68 bits per heavy atom. The molecule has 5 heteroatoms. The fraction of sp³-hybridized carbons (Fsp3) is 0.571. The van der Waals surface area contributed by atoms with Gasteiger partial charge in [0.25, 0.3) is 0 Å². The molecule has 0 atom stereocenters. The third-order valence-electron chi connectivity index (χ3n) is 3.40. The van der Waals surface area contributed by atoms with Crippen LogP contribution in [0.1, 0.15) is 11.1 Å². The van der Waals surface area contributed by atoms with E-state index in [4.69, 9.17) is 0 Å². The molecule has 0 aromatic heterocycles. The summed E-state index contributed by atoms with van der Waals surface area (Å²) in [5.74, 6) is 0.226. The van der Waals surface area contributed by atoms with Crippen molar-refractivity contribution in [1.82, 2.24) is 10.2 Å². The van der Waals surface area contributed by atoms with Crippen molar-refractivity contribution in [2.24, 2.45) is 0 Å². The number of nitrogens with zero attached hydrogens (tertiary/aromatic N) is 1. The van der Waals surface area contributed by atoms with Crippen LogP contribution in [0.5, 0.6) is 0 Å². The van der Waals surface area contributed by atoms with E-state index in [1.807, 2.05) is 12.1 Å². The number of aryl methyl sites for hydroxylation is 1. The van der Waals surface area contributed by atoms with Crippen molar-refractivity contribution in [1.29, 1.82) is 0 Å². The van der Waals surface area contributed by atoms with E-state index >= 15 is 0 Å². The average molecular weight is 282 g/mol. The molecule has 0 amide bonds. The lowest BCUT2D eigenvalue weighted by Crippen LogP contribution is -2.42. The Morgan fingerprint density at radius 1 is 1.11 bits per heavy atom. The Morgan fingerprint density at radius 3 is 2.26 bits per heavy atom. The third kappa shape index (κ3) is 5.30. The fourth-order valence-electron chi connectivity index (χ4n) is 2.24. The number of nitrogens with one attached hydrogen (secondary N) is 1. The maximum absolute atomic E-state index is 11.1. The Hall–Kier alpha value is -0.910. The molecule has 4 nitrogen and oxygen atoms in total. The normalized spacial score (nSPS) is 17.5. The molecule has 19 heavy (non-hydrogen) atoms. The van der Waals surface area contributed by atoms with Gasteiger partial charge in [0, 0.05) is 39.0 Å². The summed E-state index contributed by atoms with van der Waals surface area (Å²) < 4.78 is 22.2. The summed E-state index contributed by atoms with van der Waals surface area (Å²) in [4.78, 5) is 2.43. The van der Waals surface area contributed by atoms with Gasteiger partial charge in [-0.25, -0.2) is 8.42 Å². The standard InChI is InChI=1S/C14H22N2O2S/c1-19(17,18)11-6-13-2-4-14(5-3-13)12-16-9-7-15-8-10-16/h2-5,15H,6-12H2,1H3. The minimum atomic E-state index is -2.87. The maximum atomic E-state index is 11.1. The number of hydrogen-bond acceptors (Lipinski definition) is 4. The van der Waals surface area contributed by atoms with E-state index in [1.165, 1.54) is 11.8 Å². The van der Waals surface area contributed by atoms with E-state index in [1.54, 1.807) is 0 Å². The van der Waals surface area contributed by atoms with Crippen molar-refractivity contribution < 1.29 is 8.42 Å². The molecule has 1 saturated heterocycles. The van der Waals surface area contributed by atoms with E-state index in [9.17, 15) is 8.42 Å².